The second kappa shape index (κ2) is 11.1. The lowest BCUT2D eigenvalue weighted by atomic mass is 9.93. The summed E-state index contributed by atoms with van der Waals surface area (Å²) in [5, 5.41) is 0. The van der Waals surface area contributed by atoms with Crippen molar-refractivity contribution in [2.45, 2.75) is 82.7 Å². The molecule has 1 atom stereocenters. The average Bonchev–Trinajstić information content (AvgIpc) is 3.32. The molecule has 3 heterocycles. The first kappa shape index (κ1) is 24.3. The molecule has 1 aromatic carbocycles. The van der Waals surface area contributed by atoms with Gasteiger partial charge < -0.3 is 19.1 Å². The number of fused-ring (bicyclic) bond motifs is 1. The molecule has 3 aliphatic rings. The number of methoxy groups -OCH3 is 1. The van der Waals surface area contributed by atoms with Gasteiger partial charge in [-0.05, 0) is 50.2 Å². The lowest BCUT2D eigenvalue weighted by Crippen LogP contribution is -2.44. The number of benzene rings is 1. The van der Waals surface area contributed by atoms with Gasteiger partial charge in [0.05, 0.1) is 24.6 Å². The molecule has 2 aliphatic heterocycles. The van der Waals surface area contributed by atoms with E-state index in [-0.39, 0.29) is 23.5 Å². The number of hydrogen-bond donors (Lipinski definition) is 0. The van der Waals surface area contributed by atoms with Crippen LogP contribution in [0.3, 0.4) is 0 Å². The van der Waals surface area contributed by atoms with Crippen molar-refractivity contribution in [3.8, 4) is 0 Å². The van der Waals surface area contributed by atoms with Gasteiger partial charge in [-0.2, -0.15) is 0 Å². The molecule has 190 valence electrons. The van der Waals surface area contributed by atoms with E-state index >= 15 is 0 Å². The van der Waals surface area contributed by atoms with Crippen LogP contribution in [-0.2, 0) is 9.53 Å². The number of ether oxygens (including phenoxy) is 1. The predicted octanol–water partition coefficient (Wildman–Crippen LogP) is 4.54. The van der Waals surface area contributed by atoms with Crippen LogP contribution in [-0.4, -0.2) is 59.8 Å². The molecule has 7 nitrogen and oxygen atoms in total. The van der Waals surface area contributed by atoms with Gasteiger partial charge in [-0.25, -0.2) is 4.98 Å². The number of rotatable bonds is 5. The SMILES string of the molecule is COC(=O)CC1CCN(c2nc3ccccc3n(C3CCN(C4CCCCCCC4)CC3)c2=O)C1. The maximum Gasteiger partial charge on any atom is 0.305 e. The first-order chi connectivity index (χ1) is 17.1. The molecule has 1 saturated carbocycles. The third kappa shape index (κ3) is 5.40. The summed E-state index contributed by atoms with van der Waals surface area (Å²) in [5.74, 6) is 0.561. The number of nitrogens with zero attached hydrogens (tertiary/aromatic N) is 4. The second-order valence-electron chi connectivity index (χ2n) is 10.7. The van der Waals surface area contributed by atoms with Crippen LogP contribution in [0.1, 0.15) is 76.7 Å². The zero-order chi connectivity index (χ0) is 24.2. The van der Waals surface area contributed by atoms with Crippen molar-refractivity contribution < 1.29 is 9.53 Å². The number of hydrogen-bond acceptors (Lipinski definition) is 6. The van der Waals surface area contributed by atoms with Gasteiger partial charge in [0.15, 0.2) is 5.82 Å². The van der Waals surface area contributed by atoms with Crippen LogP contribution < -0.4 is 10.5 Å². The van der Waals surface area contributed by atoms with Crippen LogP contribution in [0.5, 0.6) is 0 Å². The average molecular weight is 481 g/mol. The molecule has 2 saturated heterocycles. The molecule has 35 heavy (non-hydrogen) atoms. The number of carbonyl (C=O) groups excluding carboxylic acids is 1. The maximum atomic E-state index is 13.9. The Balaban J connectivity index is 1.36. The van der Waals surface area contributed by atoms with E-state index in [1.807, 2.05) is 28.8 Å². The molecule has 0 amide bonds. The van der Waals surface area contributed by atoms with E-state index in [0.29, 0.717) is 24.8 Å². The maximum absolute atomic E-state index is 13.9. The predicted molar refractivity (Wildman–Crippen MR) is 139 cm³/mol. The van der Waals surface area contributed by atoms with Gasteiger partial charge in [-0.3, -0.25) is 9.59 Å². The quantitative estimate of drug-likeness (QED) is 0.586. The number of aromatic nitrogens is 2. The largest absolute Gasteiger partial charge is 0.469 e. The molecule has 0 bridgehead atoms. The summed E-state index contributed by atoms with van der Waals surface area (Å²) >= 11 is 0. The van der Waals surface area contributed by atoms with Crippen molar-refractivity contribution >= 4 is 22.8 Å². The summed E-state index contributed by atoms with van der Waals surface area (Å²) in [6.45, 7) is 3.56. The Bertz CT molecular complexity index is 1070. The van der Waals surface area contributed by atoms with E-state index in [4.69, 9.17) is 9.72 Å². The van der Waals surface area contributed by atoms with Crippen LogP contribution in [0.2, 0.25) is 0 Å². The highest BCUT2D eigenvalue weighted by Crippen LogP contribution is 2.31. The molecule has 0 spiro atoms. The highest BCUT2D eigenvalue weighted by Gasteiger charge is 2.31. The Labute approximate surface area is 208 Å². The lowest BCUT2D eigenvalue weighted by molar-refractivity contribution is -0.141. The molecule has 2 aromatic rings. The van der Waals surface area contributed by atoms with Crippen LogP contribution in [0.25, 0.3) is 11.0 Å². The van der Waals surface area contributed by atoms with Gasteiger partial charge in [0, 0.05) is 38.3 Å². The summed E-state index contributed by atoms with van der Waals surface area (Å²) in [6, 6.07) is 8.97. The smallest absolute Gasteiger partial charge is 0.305 e. The molecule has 7 heteroatoms. The Morgan fingerprint density at radius 1 is 0.943 bits per heavy atom. The summed E-state index contributed by atoms with van der Waals surface area (Å²) in [7, 11) is 1.43. The van der Waals surface area contributed by atoms with Gasteiger partial charge in [-0.1, -0.05) is 44.2 Å². The number of carbonyl (C=O) groups is 1. The summed E-state index contributed by atoms with van der Waals surface area (Å²) in [5.41, 5.74) is 1.84. The van der Waals surface area contributed by atoms with Crippen molar-refractivity contribution in [1.29, 1.82) is 0 Å². The standard InChI is InChI=1S/C28H40N4O3/c1-35-26(33)19-21-13-16-31(20-21)27-28(34)32(25-12-8-7-11-24(25)29-27)23-14-17-30(18-15-23)22-9-5-3-2-4-6-10-22/h7-8,11-12,21-23H,2-6,9-10,13-20H2,1H3. The Morgan fingerprint density at radius 3 is 2.40 bits per heavy atom. The number of esters is 1. The van der Waals surface area contributed by atoms with Gasteiger partial charge >= 0.3 is 5.97 Å². The molecule has 1 aliphatic carbocycles. The number of anilines is 1. The fourth-order valence-corrected chi connectivity index (χ4v) is 6.53. The Hall–Kier alpha value is -2.41. The van der Waals surface area contributed by atoms with E-state index in [9.17, 15) is 9.59 Å². The van der Waals surface area contributed by atoms with Crippen LogP contribution in [0.4, 0.5) is 5.82 Å². The first-order valence-corrected chi connectivity index (χ1v) is 13.7. The topological polar surface area (TPSA) is 67.7 Å². The first-order valence-electron chi connectivity index (χ1n) is 13.7. The van der Waals surface area contributed by atoms with E-state index in [0.717, 1.165) is 49.9 Å². The summed E-state index contributed by atoms with van der Waals surface area (Å²) in [6.07, 6.45) is 12.8. The number of para-hydroxylation sites is 2. The van der Waals surface area contributed by atoms with E-state index in [1.54, 1.807) is 0 Å². The fourth-order valence-electron chi connectivity index (χ4n) is 6.53. The number of likely N-dealkylation sites (tertiary alicyclic amines) is 1. The zero-order valence-corrected chi connectivity index (χ0v) is 21.2. The van der Waals surface area contributed by atoms with Crippen molar-refractivity contribution in [3.63, 3.8) is 0 Å². The van der Waals surface area contributed by atoms with E-state index in [1.165, 1.54) is 52.1 Å². The van der Waals surface area contributed by atoms with Gasteiger partial charge in [0.1, 0.15) is 0 Å². The van der Waals surface area contributed by atoms with E-state index in [2.05, 4.69) is 9.80 Å². The monoisotopic (exact) mass is 480 g/mol. The van der Waals surface area contributed by atoms with Crippen molar-refractivity contribution in [2.24, 2.45) is 5.92 Å². The van der Waals surface area contributed by atoms with Gasteiger partial charge in [-0.15, -0.1) is 0 Å². The Morgan fingerprint density at radius 2 is 1.66 bits per heavy atom. The highest BCUT2D eigenvalue weighted by atomic mass is 16.5. The van der Waals surface area contributed by atoms with Crippen LogP contribution in [0, 0.1) is 5.92 Å². The molecule has 5 rings (SSSR count). The second-order valence-corrected chi connectivity index (χ2v) is 10.7. The molecule has 1 unspecified atom stereocenters. The normalized spacial score (nSPS) is 23.3. The highest BCUT2D eigenvalue weighted by molar-refractivity contribution is 5.76. The zero-order valence-electron chi connectivity index (χ0n) is 21.2. The summed E-state index contributed by atoms with van der Waals surface area (Å²) in [4.78, 5) is 35.2. The Kier molecular flexibility index (Phi) is 7.71. The molecular formula is C28H40N4O3. The third-order valence-corrected chi connectivity index (χ3v) is 8.50. The number of piperidine rings is 1. The minimum Gasteiger partial charge on any atom is -0.469 e. The minimum atomic E-state index is -0.184. The summed E-state index contributed by atoms with van der Waals surface area (Å²) < 4.78 is 6.90. The molecule has 0 N–H and O–H groups in total. The van der Waals surface area contributed by atoms with Crippen molar-refractivity contribution in [3.05, 3.63) is 34.6 Å². The van der Waals surface area contributed by atoms with Crippen LogP contribution in [0.15, 0.2) is 29.1 Å². The van der Waals surface area contributed by atoms with Gasteiger partial charge in [0.25, 0.3) is 5.56 Å². The molecular weight excluding hydrogens is 440 g/mol. The molecule has 1 aromatic heterocycles. The molecule has 0 radical (unpaired) electrons. The van der Waals surface area contributed by atoms with Crippen LogP contribution >= 0.6 is 0 Å². The lowest BCUT2D eigenvalue weighted by Gasteiger charge is -2.39. The van der Waals surface area contributed by atoms with E-state index < -0.39 is 0 Å². The van der Waals surface area contributed by atoms with Gasteiger partial charge in [0.2, 0.25) is 0 Å². The van der Waals surface area contributed by atoms with Crippen molar-refractivity contribution in [1.82, 2.24) is 14.5 Å². The fraction of sp³-hybridized carbons (Fsp3) is 0.679. The molecule has 3 fully saturated rings. The minimum absolute atomic E-state index is 0.0202. The third-order valence-electron chi connectivity index (χ3n) is 8.50. The van der Waals surface area contributed by atoms with Crippen molar-refractivity contribution in [2.75, 3.05) is 38.2 Å².